The van der Waals surface area contributed by atoms with Crippen molar-refractivity contribution >= 4 is 40.7 Å². The second-order valence-electron chi connectivity index (χ2n) is 5.98. The lowest BCUT2D eigenvalue weighted by atomic mass is 10.2. The van der Waals surface area contributed by atoms with Crippen LogP contribution in [0.15, 0.2) is 46.9 Å². The number of nitrogen functional groups attached to an aromatic ring is 1. The van der Waals surface area contributed by atoms with Gasteiger partial charge in [0.1, 0.15) is 11.6 Å². The molecule has 0 amide bonds. The van der Waals surface area contributed by atoms with Crippen molar-refractivity contribution in [3.05, 3.63) is 63.9 Å². The molecule has 0 atom stereocenters. The molecule has 0 unspecified atom stereocenters. The highest BCUT2D eigenvalue weighted by Gasteiger charge is 2.10. The molecular formula is C18H18N8S2. The quantitative estimate of drug-likeness (QED) is 0.396. The average molecular weight is 411 g/mol. The number of aromatic amines is 1. The van der Waals surface area contributed by atoms with Crippen LogP contribution in [0.3, 0.4) is 0 Å². The van der Waals surface area contributed by atoms with E-state index in [9.17, 15) is 0 Å². The molecule has 0 bridgehead atoms. The third-order valence-electron chi connectivity index (χ3n) is 3.85. The van der Waals surface area contributed by atoms with Gasteiger partial charge in [0.15, 0.2) is 0 Å². The molecule has 0 radical (unpaired) electrons. The molecule has 0 aliphatic rings. The zero-order valence-corrected chi connectivity index (χ0v) is 16.7. The van der Waals surface area contributed by atoms with E-state index in [1.54, 1.807) is 11.3 Å². The third kappa shape index (κ3) is 4.65. The summed E-state index contributed by atoms with van der Waals surface area (Å²) in [6.07, 6.45) is 0.744. The average Bonchev–Trinajstić information content (AvgIpc) is 3.34. The van der Waals surface area contributed by atoms with E-state index in [0.717, 1.165) is 23.5 Å². The number of thiophene rings is 1. The molecule has 3 aromatic heterocycles. The Morgan fingerprint density at radius 3 is 2.82 bits per heavy atom. The van der Waals surface area contributed by atoms with Crippen LogP contribution in [0.5, 0.6) is 0 Å². The van der Waals surface area contributed by atoms with Gasteiger partial charge in [-0.15, -0.1) is 16.4 Å². The van der Waals surface area contributed by atoms with Crippen molar-refractivity contribution in [2.45, 2.75) is 24.3 Å². The summed E-state index contributed by atoms with van der Waals surface area (Å²) in [4.78, 5) is 18.6. The van der Waals surface area contributed by atoms with Crippen LogP contribution in [0.4, 0.5) is 17.6 Å². The fourth-order valence-corrected chi connectivity index (χ4v) is 3.90. The smallest absolute Gasteiger partial charge is 0.232 e. The van der Waals surface area contributed by atoms with Crippen molar-refractivity contribution in [3.63, 3.8) is 0 Å². The summed E-state index contributed by atoms with van der Waals surface area (Å²) >= 11 is 3.15. The van der Waals surface area contributed by atoms with Gasteiger partial charge < -0.3 is 11.1 Å². The zero-order valence-electron chi connectivity index (χ0n) is 15.1. The first-order valence-corrected chi connectivity index (χ1v) is 10.4. The van der Waals surface area contributed by atoms with Gasteiger partial charge in [0.2, 0.25) is 17.1 Å². The number of hydrogen-bond donors (Lipinski definition) is 3. The Kier molecular flexibility index (Phi) is 5.49. The Morgan fingerprint density at radius 2 is 2.00 bits per heavy atom. The first kappa shape index (κ1) is 18.4. The largest absolute Gasteiger partial charge is 0.368 e. The Bertz CT molecular complexity index is 1060. The van der Waals surface area contributed by atoms with Crippen molar-refractivity contribution in [1.82, 2.24) is 30.1 Å². The van der Waals surface area contributed by atoms with Crippen molar-refractivity contribution in [2.75, 3.05) is 11.1 Å². The number of benzene rings is 1. The lowest BCUT2D eigenvalue weighted by molar-refractivity contribution is 0.951. The number of anilines is 3. The molecule has 28 heavy (non-hydrogen) atoms. The van der Waals surface area contributed by atoms with Crippen molar-refractivity contribution in [3.8, 4) is 0 Å². The Hall–Kier alpha value is -2.98. The molecule has 0 aliphatic carbocycles. The molecule has 0 spiro atoms. The van der Waals surface area contributed by atoms with Crippen LogP contribution < -0.4 is 11.1 Å². The maximum absolute atomic E-state index is 5.85. The van der Waals surface area contributed by atoms with Gasteiger partial charge >= 0.3 is 0 Å². The predicted molar refractivity (Wildman–Crippen MR) is 112 cm³/mol. The highest BCUT2D eigenvalue weighted by Crippen LogP contribution is 2.21. The highest BCUT2D eigenvalue weighted by atomic mass is 32.2. The Morgan fingerprint density at radius 1 is 1.11 bits per heavy atom. The summed E-state index contributed by atoms with van der Waals surface area (Å²) in [6, 6.07) is 12.0. The van der Waals surface area contributed by atoms with Gasteiger partial charge in [0.05, 0.1) is 5.75 Å². The normalized spacial score (nSPS) is 10.9. The number of thioether (sulfide) groups is 1. The van der Waals surface area contributed by atoms with E-state index in [2.05, 4.69) is 46.9 Å². The van der Waals surface area contributed by atoms with Crippen molar-refractivity contribution in [2.24, 2.45) is 0 Å². The molecular weight excluding hydrogens is 392 g/mol. The van der Waals surface area contributed by atoms with Gasteiger partial charge in [-0.1, -0.05) is 36.0 Å². The monoisotopic (exact) mass is 410 g/mol. The number of nitrogens with one attached hydrogen (secondary N) is 2. The van der Waals surface area contributed by atoms with Crippen LogP contribution in [0.2, 0.25) is 0 Å². The molecule has 10 heteroatoms. The minimum atomic E-state index is 0.176. The maximum Gasteiger partial charge on any atom is 0.232 e. The van der Waals surface area contributed by atoms with E-state index in [1.165, 1.54) is 16.6 Å². The van der Waals surface area contributed by atoms with E-state index in [-0.39, 0.29) is 5.95 Å². The van der Waals surface area contributed by atoms with Gasteiger partial charge in [-0.05, 0) is 30.0 Å². The number of aryl methyl sites for hydroxylation is 1. The van der Waals surface area contributed by atoms with Crippen LogP contribution >= 0.6 is 23.1 Å². The topological polar surface area (TPSA) is 118 Å². The molecule has 1 aromatic carbocycles. The van der Waals surface area contributed by atoms with Crippen LogP contribution in [-0.2, 0) is 12.2 Å². The lowest BCUT2D eigenvalue weighted by Gasteiger charge is -2.09. The summed E-state index contributed by atoms with van der Waals surface area (Å²) < 4.78 is 0. The van der Waals surface area contributed by atoms with Gasteiger partial charge in [0.25, 0.3) is 0 Å². The first-order chi connectivity index (χ1) is 13.7. The molecule has 3 heterocycles. The van der Waals surface area contributed by atoms with Crippen LogP contribution in [0.25, 0.3) is 0 Å². The number of rotatable bonds is 7. The summed E-state index contributed by atoms with van der Waals surface area (Å²) in [5.41, 5.74) is 7.88. The number of nitrogens with zero attached hydrogens (tertiary/aromatic N) is 5. The summed E-state index contributed by atoms with van der Waals surface area (Å²) in [5, 5.41) is 13.1. The Labute approximate surface area is 170 Å². The number of H-pyrrole nitrogens is 1. The predicted octanol–water partition coefficient (Wildman–Crippen LogP) is 3.57. The van der Waals surface area contributed by atoms with Crippen LogP contribution in [0, 0.1) is 6.92 Å². The Balaban J connectivity index is 1.41. The molecule has 4 rings (SSSR count). The van der Waals surface area contributed by atoms with E-state index in [1.807, 2.05) is 37.3 Å². The third-order valence-corrected chi connectivity index (χ3v) is 5.57. The fraction of sp³-hybridized carbons (Fsp3) is 0.167. The summed E-state index contributed by atoms with van der Waals surface area (Å²) in [5.74, 6) is 2.49. The molecule has 4 N–H and O–H groups in total. The van der Waals surface area contributed by atoms with Crippen molar-refractivity contribution in [1.29, 1.82) is 0 Å². The second kappa shape index (κ2) is 8.36. The summed E-state index contributed by atoms with van der Waals surface area (Å²) in [7, 11) is 0. The summed E-state index contributed by atoms with van der Waals surface area (Å²) in [6.45, 7) is 2.01. The minimum Gasteiger partial charge on any atom is -0.368 e. The van der Waals surface area contributed by atoms with E-state index in [0.29, 0.717) is 22.7 Å². The number of nitrogens with two attached hydrogens (primary N) is 1. The highest BCUT2D eigenvalue weighted by molar-refractivity contribution is 7.98. The van der Waals surface area contributed by atoms with Gasteiger partial charge in [-0.3, -0.25) is 5.10 Å². The number of para-hydroxylation sites is 1. The van der Waals surface area contributed by atoms with Gasteiger partial charge in [0, 0.05) is 17.0 Å². The molecule has 0 fully saturated rings. The molecule has 0 saturated carbocycles. The van der Waals surface area contributed by atoms with Crippen molar-refractivity contribution < 1.29 is 0 Å². The standard InChI is InChI=1S/C18H18N8S2/c1-11-5-2-3-7-13(11)20-17-22-15(21-16(19)24-17)10-28-18-23-14(25-26-18)9-12-6-4-8-27-12/h2-8H,9-10H2,1H3,(H,23,25,26)(H3,19,20,21,22,24). The van der Waals surface area contributed by atoms with E-state index >= 15 is 0 Å². The molecule has 8 nitrogen and oxygen atoms in total. The molecule has 142 valence electrons. The van der Waals surface area contributed by atoms with Crippen LogP contribution in [-0.4, -0.2) is 30.1 Å². The van der Waals surface area contributed by atoms with E-state index in [4.69, 9.17) is 5.73 Å². The fourth-order valence-electron chi connectivity index (χ4n) is 2.52. The second-order valence-corrected chi connectivity index (χ2v) is 7.96. The lowest BCUT2D eigenvalue weighted by Crippen LogP contribution is -2.07. The van der Waals surface area contributed by atoms with Crippen LogP contribution in [0.1, 0.15) is 22.1 Å². The van der Waals surface area contributed by atoms with Gasteiger partial charge in [-0.25, -0.2) is 4.98 Å². The molecule has 0 aliphatic heterocycles. The van der Waals surface area contributed by atoms with Gasteiger partial charge in [-0.2, -0.15) is 15.0 Å². The molecule has 4 aromatic rings. The minimum absolute atomic E-state index is 0.176. The zero-order chi connectivity index (χ0) is 19.3. The molecule has 0 saturated heterocycles. The van der Waals surface area contributed by atoms with E-state index < -0.39 is 0 Å². The maximum atomic E-state index is 5.85. The number of aromatic nitrogens is 6. The SMILES string of the molecule is Cc1ccccc1Nc1nc(N)nc(CSc2n[nH]c(Cc3cccs3)n2)n1. The number of hydrogen-bond acceptors (Lipinski definition) is 9. The first-order valence-electron chi connectivity index (χ1n) is 8.55.